The van der Waals surface area contributed by atoms with Gasteiger partial charge in [-0.1, -0.05) is 24.3 Å². The smallest absolute Gasteiger partial charge is 0.223 e. The van der Waals surface area contributed by atoms with E-state index in [1.165, 1.54) is 11.1 Å². The van der Waals surface area contributed by atoms with Crippen LogP contribution in [0.5, 0.6) is 0 Å². The first kappa shape index (κ1) is 16.5. The number of benzene rings is 1. The predicted molar refractivity (Wildman–Crippen MR) is 98.7 cm³/mol. The predicted octanol–water partition coefficient (Wildman–Crippen LogP) is 1.97. The van der Waals surface area contributed by atoms with Crippen molar-refractivity contribution in [1.29, 1.82) is 0 Å². The molecule has 1 aliphatic rings. The molecule has 0 atom stereocenters. The molecule has 134 valence electrons. The zero-order valence-electron chi connectivity index (χ0n) is 14.8. The molecule has 0 spiro atoms. The molecule has 26 heavy (non-hydrogen) atoms. The molecule has 2 aromatic heterocycles. The first-order chi connectivity index (χ1) is 12.7. The highest BCUT2D eigenvalue weighted by Crippen LogP contribution is 2.22. The Labute approximate surface area is 152 Å². The number of nitrogens with one attached hydrogen (secondary N) is 1. The fourth-order valence-electron chi connectivity index (χ4n) is 3.39. The van der Waals surface area contributed by atoms with Gasteiger partial charge in [0, 0.05) is 25.6 Å². The van der Waals surface area contributed by atoms with Gasteiger partial charge in [0.25, 0.3) is 0 Å². The Morgan fingerprint density at radius 1 is 1.19 bits per heavy atom. The van der Waals surface area contributed by atoms with Crippen LogP contribution in [0, 0.1) is 12.8 Å². The van der Waals surface area contributed by atoms with E-state index in [1.807, 2.05) is 24.3 Å². The number of aromatic nitrogens is 4. The van der Waals surface area contributed by atoms with Crippen LogP contribution in [-0.2, 0) is 11.3 Å². The van der Waals surface area contributed by atoms with Gasteiger partial charge in [0.1, 0.15) is 12.1 Å². The molecule has 0 saturated carbocycles. The van der Waals surface area contributed by atoms with E-state index in [1.54, 1.807) is 10.8 Å². The third kappa shape index (κ3) is 3.37. The van der Waals surface area contributed by atoms with Gasteiger partial charge in [0.15, 0.2) is 5.65 Å². The van der Waals surface area contributed by atoms with E-state index < -0.39 is 0 Å². The zero-order chi connectivity index (χ0) is 17.9. The molecule has 1 amide bonds. The van der Waals surface area contributed by atoms with Crippen LogP contribution >= 0.6 is 0 Å². The number of rotatable bonds is 4. The van der Waals surface area contributed by atoms with Crippen molar-refractivity contribution < 1.29 is 4.79 Å². The summed E-state index contributed by atoms with van der Waals surface area (Å²) in [6, 6.07) is 12.0. The van der Waals surface area contributed by atoms with Crippen LogP contribution in [0.2, 0.25) is 0 Å². The number of amides is 1. The lowest BCUT2D eigenvalue weighted by molar-refractivity contribution is -0.125. The Morgan fingerprint density at radius 3 is 2.81 bits per heavy atom. The number of piperidine rings is 1. The second-order valence-electron chi connectivity index (χ2n) is 6.73. The lowest BCUT2D eigenvalue weighted by atomic mass is 9.95. The fraction of sp³-hybridized carbons (Fsp3) is 0.368. The van der Waals surface area contributed by atoms with Crippen LogP contribution in [0.25, 0.3) is 5.65 Å². The summed E-state index contributed by atoms with van der Waals surface area (Å²) in [7, 11) is 0. The van der Waals surface area contributed by atoms with Crippen LogP contribution in [0.1, 0.15) is 24.0 Å². The molecule has 0 aliphatic carbocycles. The molecule has 1 N–H and O–H groups in total. The number of hydrogen-bond donors (Lipinski definition) is 1. The molecule has 1 aromatic carbocycles. The standard InChI is InChI=1S/C19H22N6O/c1-14-4-2-3-5-16(14)12-20-19(26)15-8-10-24(11-9-15)18-7-6-17-22-21-13-25(17)23-18/h2-7,13,15H,8-12H2,1H3,(H,20,26). The van der Waals surface area contributed by atoms with Crippen molar-refractivity contribution in [3.8, 4) is 0 Å². The average Bonchev–Trinajstić information content (AvgIpc) is 3.15. The minimum atomic E-state index is 0.0638. The summed E-state index contributed by atoms with van der Waals surface area (Å²) >= 11 is 0. The van der Waals surface area contributed by atoms with Crippen molar-refractivity contribution in [3.05, 3.63) is 53.9 Å². The van der Waals surface area contributed by atoms with Crippen LogP contribution in [0.15, 0.2) is 42.7 Å². The van der Waals surface area contributed by atoms with Gasteiger partial charge in [-0.05, 0) is 43.0 Å². The first-order valence-corrected chi connectivity index (χ1v) is 8.95. The number of aryl methyl sites for hydroxylation is 1. The summed E-state index contributed by atoms with van der Waals surface area (Å²) in [6.07, 6.45) is 3.27. The normalized spacial score (nSPS) is 15.3. The summed E-state index contributed by atoms with van der Waals surface area (Å²) in [4.78, 5) is 14.7. The van der Waals surface area contributed by atoms with Gasteiger partial charge in [-0.3, -0.25) is 4.79 Å². The molecular formula is C19H22N6O. The quantitative estimate of drug-likeness (QED) is 0.778. The van der Waals surface area contributed by atoms with Gasteiger partial charge < -0.3 is 10.2 Å². The maximum Gasteiger partial charge on any atom is 0.223 e. The first-order valence-electron chi connectivity index (χ1n) is 8.95. The molecule has 7 heteroatoms. The van der Waals surface area contributed by atoms with Gasteiger partial charge in [-0.2, -0.15) is 4.52 Å². The molecule has 1 aliphatic heterocycles. The maximum absolute atomic E-state index is 12.5. The van der Waals surface area contributed by atoms with Gasteiger partial charge in [-0.15, -0.1) is 15.3 Å². The zero-order valence-corrected chi connectivity index (χ0v) is 14.8. The largest absolute Gasteiger partial charge is 0.355 e. The van der Waals surface area contributed by atoms with E-state index in [-0.39, 0.29) is 11.8 Å². The third-order valence-electron chi connectivity index (χ3n) is 5.05. The van der Waals surface area contributed by atoms with Crippen molar-refractivity contribution >= 4 is 17.4 Å². The highest BCUT2D eigenvalue weighted by molar-refractivity contribution is 5.79. The lowest BCUT2D eigenvalue weighted by Gasteiger charge is -2.32. The summed E-state index contributed by atoms with van der Waals surface area (Å²) < 4.78 is 1.68. The minimum absolute atomic E-state index is 0.0638. The number of nitrogens with zero attached hydrogens (tertiary/aromatic N) is 5. The third-order valence-corrected chi connectivity index (χ3v) is 5.05. The number of carbonyl (C=O) groups is 1. The van der Waals surface area contributed by atoms with E-state index in [0.717, 1.165) is 37.4 Å². The summed E-state index contributed by atoms with van der Waals surface area (Å²) in [6.45, 7) is 4.31. The Balaban J connectivity index is 1.32. The van der Waals surface area contributed by atoms with Crippen molar-refractivity contribution in [2.75, 3.05) is 18.0 Å². The molecule has 0 radical (unpaired) electrons. The van der Waals surface area contributed by atoms with E-state index in [0.29, 0.717) is 6.54 Å². The highest BCUT2D eigenvalue weighted by atomic mass is 16.1. The van der Waals surface area contributed by atoms with Crippen LogP contribution in [0.3, 0.4) is 0 Å². The van der Waals surface area contributed by atoms with Crippen LogP contribution in [-0.4, -0.2) is 38.8 Å². The molecule has 4 rings (SSSR count). The minimum Gasteiger partial charge on any atom is -0.355 e. The summed E-state index contributed by atoms with van der Waals surface area (Å²) in [5.41, 5.74) is 3.11. The van der Waals surface area contributed by atoms with E-state index in [4.69, 9.17) is 0 Å². The fourth-order valence-corrected chi connectivity index (χ4v) is 3.39. The SMILES string of the molecule is Cc1ccccc1CNC(=O)C1CCN(c2ccc3nncn3n2)CC1. The van der Waals surface area contributed by atoms with E-state index in [9.17, 15) is 4.79 Å². The van der Waals surface area contributed by atoms with Crippen molar-refractivity contribution in [3.63, 3.8) is 0 Å². The van der Waals surface area contributed by atoms with Gasteiger partial charge >= 0.3 is 0 Å². The number of hydrogen-bond acceptors (Lipinski definition) is 5. The molecule has 3 aromatic rings. The Kier molecular flexibility index (Phi) is 4.51. The van der Waals surface area contributed by atoms with Gasteiger partial charge in [0.05, 0.1) is 0 Å². The Morgan fingerprint density at radius 2 is 2.00 bits per heavy atom. The topological polar surface area (TPSA) is 75.4 Å². The van der Waals surface area contributed by atoms with Crippen molar-refractivity contribution in [1.82, 2.24) is 25.1 Å². The van der Waals surface area contributed by atoms with Crippen LogP contribution < -0.4 is 10.2 Å². The Bertz CT molecular complexity index is 913. The highest BCUT2D eigenvalue weighted by Gasteiger charge is 2.25. The monoisotopic (exact) mass is 350 g/mol. The second kappa shape index (κ2) is 7.11. The average molecular weight is 350 g/mol. The second-order valence-corrected chi connectivity index (χ2v) is 6.73. The maximum atomic E-state index is 12.5. The molecule has 0 bridgehead atoms. The molecule has 3 heterocycles. The number of carbonyl (C=O) groups excluding carboxylic acids is 1. The molecule has 7 nitrogen and oxygen atoms in total. The summed E-state index contributed by atoms with van der Waals surface area (Å²) in [5.74, 6) is 1.11. The molecule has 1 saturated heterocycles. The van der Waals surface area contributed by atoms with Gasteiger partial charge in [0.2, 0.25) is 5.91 Å². The van der Waals surface area contributed by atoms with Crippen molar-refractivity contribution in [2.24, 2.45) is 5.92 Å². The number of fused-ring (bicyclic) bond motifs is 1. The van der Waals surface area contributed by atoms with Crippen molar-refractivity contribution in [2.45, 2.75) is 26.3 Å². The van der Waals surface area contributed by atoms with E-state index in [2.05, 4.69) is 44.6 Å². The summed E-state index contributed by atoms with van der Waals surface area (Å²) in [5, 5.41) is 15.4. The molecular weight excluding hydrogens is 328 g/mol. The Hall–Kier alpha value is -2.96. The molecule has 1 fully saturated rings. The lowest BCUT2D eigenvalue weighted by Crippen LogP contribution is -2.40. The molecule has 0 unspecified atom stereocenters. The van der Waals surface area contributed by atoms with E-state index >= 15 is 0 Å². The van der Waals surface area contributed by atoms with Crippen LogP contribution in [0.4, 0.5) is 5.82 Å². The van der Waals surface area contributed by atoms with Gasteiger partial charge in [-0.25, -0.2) is 0 Å². The number of anilines is 1.